The highest BCUT2D eigenvalue weighted by Gasteiger charge is 2.12. The van der Waals surface area contributed by atoms with Crippen LogP contribution in [0.5, 0.6) is 5.75 Å². The van der Waals surface area contributed by atoms with Gasteiger partial charge in [-0.05, 0) is 32.0 Å². The van der Waals surface area contributed by atoms with Crippen LogP contribution in [0.1, 0.15) is 34.4 Å². The van der Waals surface area contributed by atoms with Gasteiger partial charge in [0.2, 0.25) is 0 Å². The maximum atomic E-state index is 12.3. The van der Waals surface area contributed by atoms with Crippen molar-refractivity contribution < 1.29 is 9.53 Å². The molecule has 2 rings (SSSR count). The highest BCUT2D eigenvalue weighted by atomic mass is 35.5. The number of rotatable bonds is 9. The molecule has 2 aromatic rings. The molecule has 0 atom stereocenters. The number of nitrogens with one attached hydrogen (secondary N) is 2. The average Bonchev–Trinajstić information content (AvgIpc) is 2.98. The van der Waals surface area contributed by atoms with Crippen LogP contribution in [0.25, 0.3) is 0 Å². The molecule has 8 heteroatoms. The Balaban J connectivity index is 0.00000288. The van der Waals surface area contributed by atoms with Crippen molar-refractivity contribution in [3.8, 4) is 5.75 Å². The first-order valence-corrected chi connectivity index (χ1v) is 8.70. The van der Waals surface area contributed by atoms with E-state index in [0.717, 1.165) is 30.2 Å². The van der Waals surface area contributed by atoms with Crippen molar-refractivity contribution in [3.05, 3.63) is 45.9 Å². The van der Waals surface area contributed by atoms with Gasteiger partial charge in [-0.2, -0.15) is 0 Å². The topological polar surface area (TPSA) is 63.2 Å². The molecule has 1 heterocycles. The minimum Gasteiger partial charge on any atom is -0.486 e. The lowest BCUT2D eigenvalue weighted by Crippen LogP contribution is -2.32. The summed E-state index contributed by atoms with van der Waals surface area (Å²) in [5, 5.41) is 9.14. The molecule has 0 bridgehead atoms. The van der Waals surface area contributed by atoms with E-state index < -0.39 is 0 Å². The van der Waals surface area contributed by atoms with Gasteiger partial charge in [-0.1, -0.05) is 19.1 Å². The number of carbonyl (C=O) groups is 1. The molecule has 1 aromatic heterocycles. The number of benzene rings is 1. The summed E-state index contributed by atoms with van der Waals surface area (Å²) in [6.07, 6.45) is 1.08. The maximum Gasteiger partial charge on any atom is 0.255 e. The molecule has 2 N–H and O–H groups in total. The van der Waals surface area contributed by atoms with Gasteiger partial charge in [0.1, 0.15) is 12.4 Å². The lowest BCUT2D eigenvalue weighted by Gasteiger charge is -2.11. The largest absolute Gasteiger partial charge is 0.486 e. The predicted octanol–water partition coefficient (Wildman–Crippen LogP) is 3.60. The number of ether oxygens (including phenoxy) is 1. The van der Waals surface area contributed by atoms with Gasteiger partial charge in [0.25, 0.3) is 5.91 Å². The first-order valence-electron chi connectivity index (χ1n) is 7.82. The molecule has 1 aromatic carbocycles. The number of aryl methyl sites for hydroxylation is 1. The van der Waals surface area contributed by atoms with Crippen LogP contribution < -0.4 is 15.4 Å². The number of hydrogen-bond acceptors (Lipinski definition) is 5. The van der Waals surface area contributed by atoms with E-state index in [-0.39, 0.29) is 30.7 Å². The van der Waals surface area contributed by atoms with Crippen LogP contribution in [0.4, 0.5) is 0 Å². The first kappa shape index (κ1) is 23.7. The zero-order chi connectivity index (χ0) is 16.5. The van der Waals surface area contributed by atoms with Crippen LogP contribution >= 0.6 is 36.2 Å². The Hall–Kier alpha value is -1.34. The minimum atomic E-state index is -0.117. The highest BCUT2D eigenvalue weighted by Crippen LogP contribution is 2.19. The summed E-state index contributed by atoms with van der Waals surface area (Å²) < 4.78 is 5.77. The monoisotopic (exact) mass is 405 g/mol. The van der Waals surface area contributed by atoms with Crippen LogP contribution in [0.2, 0.25) is 0 Å². The van der Waals surface area contributed by atoms with Crippen LogP contribution in [0.15, 0.2) is 29.6 Å². The van der Waals surface area contributed by atoms with Crippen molar-refractivity contribution in [1.82, 2.24) is 15.6 Å². The normalized spacial score (nSPS) is 9.68. The second-order valence-corrected chi connectivity index (χ2v) is 6.21. The molecule has 0 aliphatic rings. The van der Waals surface area contributed by atoms with E-state index in [1.54, 1.807) is 17.4 Å². The Kier molecular flexibility index (Phi) is 12.2. The molecule has 0 aliphatic heterocycles. The maximum absolute atomic E-state index is 12.3. The van der Waals surface area contributed by atoms with Crippen LogP contribution in [-0.2, 0) is 6.61 Å². The van der Waals surface area contributed by atoms with Crippen molar-refractivity contribution in [3.63, 3.8) is 0 Å². The fourth-order valence-electron chi connectivity index (χ4n) is 2.07. The molecule has 0 spiro atoms. The molecular weight excluding hydrogens is 381 g/mol. The SMILES string of the molecule is CCCNCCNC(=O)c1ccccc1OCc1csc(C)n1.Cl.Cl. The van der Waals surface area contributed by atoms with Gasteiger partial charge in [0.05, 0.1) is 16.3 Å². The number of aromatic nitrogens is 1. The zero-order valence-corrected chi connectivity index (χ0v) is 16.9. The van der Waals surface area contributed by atoms with Crippen molar-refractivity contribution in [1.29, 1.82) is 0 Å². The van der Waals surface area contributed by atoms with Crippen LogP contribution in [-0.4, -0.2) is 30.5 Å². The standard InChI is InChI=1S/C17H23N3O2S.2ClH/c1-3-8-18-9-10-19-17(21)15-6-4-5-7-16(15)22-11-14-12-23-13(2)20-14;;/h4-7,12,18H,3,8-11H2,1-2H3,(H,19,21);2*1H. The van der Waals surface area contributed by atoms with Crippen molar-refractivity contribution in [2.75, 3.05) is 19.6 Å². The fourth-order valence-corrected chi connectivity index (χ4v) is 2.67. The van der Waals surface area contributed by atoms with Gasteiger partial charge >= 0.3 is 0 Å². The fraction of sp³-hybridized carbons (Fsp3) is 0.412. The van der Waals surface area contributed by atoms with E-state index >= 15 is 0 Å². The summed E-state index contributed by atoms with van der Waals surface area (Å²) in [4.78, 5) is 16.6. The zero-order valence-electron chi connectivity index (χ0n) is 14.4. The first-order chi connectivity index (χ1) is 11.2. The van der Waals surface area contributed by atoms with E-state index in [4.69, 9.17) is 4.74 Å². The smallest absolute Gasteiger partial charge is 0.255 e. The molecule has 0 unspecified atom stereocenters. The number of hydrogen-bond donors (Lipinski definition) is 2. The number of amides is 1. The van der Waals surface area contributed by atoms with E-state index in [9.17, 15) is 4.79 Å². The van der Waals surface area contributed by atoms with Gasteiger partial charge < -0.3 is 15.4 Å². The Labute approximate surface area is 165 Å². The average molecular weight is 406 g/mol. The summed E-state index contributed by atoms with van der Waals surface area (Å²) in [5.41, 5.74) is 1.43. The number of halogens is 2. The third-order valence-electron chi connectivity index (χ3n) is 3.19. The molecule has 1 amide bonds. The van der Waals surface area contributed by atoms with Crippen LogP contribution in [0, 0.1) is 6.92 Å². The quantitative estimate of drug-likeness (QED) is 0.625. The lowest BCUT2D eigenvalue weighted by molar-refractivity contribution is 0.0949. The third kappa shape index (κ3) is 8.05. The Morgan fingerprint density at radius 1 is 1.20 bits per heavy atom. The second-order valence-electron chi connectivity index (χ2n) is 5.15. The molecule has 25 heavy (non-hydrogen) atoms. The van der Waals surface area contributed by atoms with E-state index in [1.165, 1.54) is 0 Å². The van der Waals surface area contributed by atoms with Gasteiger partial charge in [-0.3, -0.25) is 4.79 Å². The Morgan fingerprint density at radius 3 is 2.64 bits per heavy atom. The molecule has 0 saturated carbocycles. The second kappa shape index (κ2) is 12.9. The van der Waals surface area contributed by atoms with Crippen molar-refractivity contribution in [2.45, 2.75) is 26.9 Å². The summed E-state index contributed by atoms with van der Waals surface area (Å²) in [6.45, 7) is 6.76. The molecule has 5 nitrogen and oxygen atoms in total. The summed E-state index contributed by atoms with van der Waals surface area (Å²) in [7, 11) is 0. The Morgan fingerprint density at radius 2 is 1.96 bits per heavy atom. The number of para-hydroxylation sites is 1. The molecule has 140 valence electrons. The number of carbonyl (C=O) groups excluding carboxylic acids is 1. The summed E-state index contributed by atoms with van der Waals surface area (Å²) in [5.74, 6) is 0.463. The highest BCUT2D eigenvalue weighted by molar-refractivity contribution is 7.09. The molecule has 0 aliphatic carbocycles. The molecule has 0 saturated heterocycles. The van der Waals surface area contributed by atoms with Gasteiger partial charge in [-0.25, -0.2) is 4.98 Å². The third-order valence-corrected chi connectivity index (χ3v) is 4.01. The summed E-state index contributed by atoms with van der Waals surface area (Å²) >= 11 is 1.59. The van der Waals surface area contributed by atoms with E-state index in [2.05, 4.69) is 22.5 Å². The molecule has 0 fully saturated rings. The van der Waals surface area contributed by atoms with E-state index in [0.29, 0.717) is 24.5 Å². The van der Waals surface area contributed by atoms with E-state index in [1.807, 2.05) is 30.5 Å². The van der Waals surface area contributed by atoms with Crippen molar-refractivity contribution in [2.24, 2.45) is 0 Å². The number of nitrogens with zero attached hydrogens (tertiary/aromatic N) is 1. The minimum absolute atomic E-state index is 0. The van der Waals surface area contributed by atoms with Gasteiger partial charge in [0.15, 0.2) is 0 Å². The van der Waals surface area contributed by atoms with Gasteiger partial charge in [0, 0.05) is 18.5 Å². The predicted molar refractivity (Wildman–Crippen MR) is 108 cm³/mol. The molecular formula is C17H25Cl2N3O2S. The number of thiazole rings is 1. The summed E-state index contributed by atoms with van der Waals surface area (Å²) in [6, 6.07) is 7.28. The van der Waals surface area contributed by atoms with Crippen LogP contribution in [0.3, 0.4) is 0 Å². The van der Waals surface area contributed by atoms with Gasteiger partial charge in [-0.15, -0.1) is 36.2 Å². The lowest BCUT2D eigenvalue weighted by atomic mass is 10.2. The van der Waals surface area contributed by atoms with Crippen molar-refractivity contribution >= 4 is 42.1 Å². The Bertz CT molecular complexity index is 638. The molecule has 0 radical (unpaired) electrons.